The normalized spacial score (nSPS) is 20.6. The van der Waals surface area contributed by atoms with E-state index < -0.39 is 0 Å². The van der Waals surface area contributed by atoms with Crippen molar-refractivity contribution >= 4 is 17.3 Å². The minimum absolute atomic E-state index is 0.283. The molecule has 2 atom stereocenters. The number of rotatable bonds is 6. The first-order valence-electron chi connectivity index (χ1n) is 8.04. The average Bonchev–Trinajstić information content (AvgIpc) is 2.48. The number of halogens is 1. The second-order valence-electron chi connectivity index (χ2n) is 5.96. The van der Waals surface area contributed by atoms with Crippen molar-refractivity contribution in [3.8, 4) is 0 Å². The van der Waals surface area contributed by atoms with Crippen molar-refractivity contribution < 1.29 is 5.11 Å². The predicted octanol–water partition coefficient (Wildman–Crippen LogP) is 3.61. The lowest BCUT2D eigenvalue weighted by molar-refractivity contribution is 0.244. The second kappa shape index (κ2) is 8.02. The van der Waals surface area contributed by atoms with Crippen LogP contribution in [0.2, 0.25) is 5.02 Å². The predicted molar refractivity (Wildman–Crippen MR) is 90.2 cm³/mol. The van der Waals surface area contributed by atoms with Gasteiger partial charge in [-0.3, -0.25) is 0 Å². The second-order valence-corrected chi connectivity index (χ2v) is 6.36. The summed E-state index contributed by atoms with van der Waals surface area (Å²) < 4.78 is 0. The van der Waals surface area contributed by atoms with E-state index in [1.807, 2.05) is 0 Å². The van der Waals surface area contributed by atoms with Gasteiger partial charge in [-0.2, -0.15) is 0 Å². The highest BCUT2D eigenvalue weighted by molar-refractivity contribution is 6.33. The number of hydrogen-bond acceptors (Lipinski definition) is 3. The summed E-state index contributed by atoms with van der Waals surface area (Å²) in [7, 11) is 0. The highest BCUT2D eigenvalue weighted by Crippen LogP contribution is 2.32. The molecule has 2 rings (SSSR count). The summed E-state index contributed by atoms with van der Waals surface area (Å²) in [6.07, 6.45) is 3.28. The molecule has 1 saturated heterocycles. The summed E-state index contributed by atoms with van der Waals surface area (Å²) >= 11 is 6.51. The molecule has 1 aliphatic heterocycles. The fourth-order valence-corrected chi connectivity index (χ4v) is 3.48. The van der Waals surface area contributed by atoms with Gasteiger partial charge in [-0.25, -0.2) is 0 Å². The van der Waals surface area contributed by atoms with Gasteiger partial charge in [0, 0.05) is 25.7 Å². The van der Waals surface area contributed by atoms with E-state index in [4.69, 9.17) is 16.7 Å². The molecule has 1 heterocycles. The van der Waals surface area contributed by atoms with E-state index in [1.165, 1.54) is 18.4 Å². The number of aliphatic hydroxyl groups is 1. The van der Waals surface area contributed by atoms with Crippen molar-refractivity contribution in [2.45, 2.75) is 39.2 Å². The summed E-state index contributed by atoms with van der Waals surface area (Å²) in [5, 5.41) is 13.4. The topological polar surface area (TPSA) is 35.5 Å². The van der Waals surface area contributed by atoms with Gasteiger partial charge in [-0.05, 0) is 56.3 Å². The molecule has 0 amide bonds. The molecule has 118 valence electrons. The molecule has 1 aromatic rings. The quantitative estimate of drug-likeness (QED) is 0.842. The van der Waals surface area contributed by atoms with E-state index in [9.17, 15) is 0 Å². The average molecular weight is 311 g/mol. The molecule has 2 unspecified atom stereocenters. The van der Waals surface area contributed by atoms with Crippen LogP contribution >= 0.6 is 11.6 Å². The third-order valence-corrected chi connectivity index (χ3v) is 4.68. The van der Waals surface area contributed by atoms with E-state index in [1.54, 1.807) is 0 Å². The number of nitrogens with one attached hydrogen (secondary N) is 1. The maximum atomic E-state index is 9.13. The first-order chi connectivity index (χ1) is 10.2. The summed E-state index contributed by atoms with van der Waals surface area (Å²) in [6, 6.07) is 6.72. The molecule has 0 radical (unpaired) electrons. The van der Waals surface area contributed by atoms with Gasteiger partial charge in [0.1, 0.15) is 0 Å². The molecule has 1 aliphatic rings. The van der Waals surface area contributed by atoms with Crippen LogP contribution in [0.3, 0.4) is 0 Å². The zero-order valence-corrected chi connectivity index (χ0v) is 13.9. The molecule has 0 bridgehead atoms. The van der Waals surface area contributed by atoms with E-state index in [2.05, 4.69) is 42.3 Å². The fraction of sp³-hybridized carbons (Fsp3) is 0.647. The Balaban J connectivity index is 2.09. The van der Waals surface area contributed by atoms with Gasteiger partial charge in [0.25, 0.3) is 0 Å². The van der Waals surface area contributed by atoms with Gasteiger partial charge in [0.05, 0.1) is 10.7 Å². The van der Waals surface area contributed by atoms with E-state index >= 15 is 0 Å². The fourth-order valence-electron chi connectivity index (χ4n) is 3.18. The Morgan fingerprint density at radius 1 is 1.48 bits per heavy atom. The Hall–Kier alpha value is -0.770. The molecule has 0 aromatic heterocycles. The van der Waals surface area contributed by atoms with Gasteiger partial charge in [-0.1, -0.05) is 24.6 Å². The number of piperidine rings is 1. The Labute approximate surface area is 133 Å². The molecule has 2 N–H and O–H groups in total. The summed E-state index contributed by atoms with van der Waals surface area (Å²) in [4.78, 5) is 2.37. The lowest BCUT2D eigenvalue weighted by Gasteiger charge is -2.35. The number of aliphatic hydroxyl groups excluding tert-OH is 1. The lowest BCUT2D eigenvalue weighted by Crippen LogP contribution is -2.36. The van der Waals surface area contributed by atoms with E-state index in [0.29, 0.717) is 12.0 Å². The van der Waals surface area contributed by atoms with Crippen LogP contribution < -0.4 is 10.2 Å². The molecule has 4 heteroatoms. The maximum absolute atomic E-state index is 9.13. The van der Waals surface area contributed by atoms with Crippen LogP contribution in [0.4, 0.5) is 5.69 Å². The van der Waals surface area contributed by atoms with Crippen molar-refractivity contribution in [2.24, 2.45) is 5.92 Å². The van der Waals surface area contributed by atoms with Crippen molar-refractivity contribution in [3.63, 3.8) is 0 Å². The van der Waals surface area contributed by atoms with Crippen LogP contribution in [0.1, 0.15) is 44.7 Å². The van der Waals surface area contributed by atoms with Crippen molar-refractivity contribution in [1.82, 2.24) is 5.32 Å². The van der Waals surface area contributed by atoms with Crippen molar-refractivity contribution in [2.75, 3.05) is 31.1 Å². The Morgan fingerprint density at radius 3 is 2.95 bits per heavy atom. The molecule has 0 aliphatic carbocycles. The largest absolute Gasteiger partial charge is 0.396 e. The van der Waals surface area contributed by atoms with Crippen molar-refractivity contribution in [1.29, 1.82) is 0 Å². The number of nitrogens with zero attached hydrogens (tertiary/aromatic N) is 1. The maximum Gasteiger partial charge on any atom is 0.0642 e. The van der Waals surface area contributed by atoms with Gasteiger partial charge in [0.15, 0.2) is 0 Å². The van der Waals surface area contributed by atoms with Crippen LogP contribution in [0.5, 0.6) is 0 Å². The molecule has 3 nitrogen and oxygen atoms in total. The third kappa shape index (κ3) is 4.35. The third-order valence-electron chi connectivity index (χ3n) is 4.38. The minimum Gasteiger partial charge on any atom is -0.396 e. The van der Waals surface area contributed by atoms with Gasteiger partial charge < -0.3 is 15.3 Å². The van der Waals surface area contributed by atoms with Crippen LogP contribution in [-0.2, 0) is 0 Å². The standard InChI is InChI=1S/C17H27ClN2O/c1-3-19-13(2)15-6-7-17(16(18)11-15)20-9-4-5-14(12-20)8-10-21/h6-7,11,13-14,19,21H,3-5,8-10,12H2,1-2H3. The smallest absolute Gasteiger partial charge is 0.0642 e. The zero-order chi connectivity index (χ0) is 15.2. The lowest BCUT2D eigenvalue weighted by atomic mass is 9.94. The number of hydrogen-bond donors (Lipinski definition) is 2. The van der Waals surface area contributed by atoms with Gasteiger partial charge >= 0.3 is 0 Å². The van der Waals surface area contributed by atoms with Gasteiger partial charge in [0.2, 0.25) is 0 Å². The van der Waals surface area contributed by atoms with E-state index in [0.717, 1.165) is 36.8 Å². The molecular formula is C17H27ClN2O. The van der Waals surface area contributed by atoms with Crippen LogP contribution in [-0.4, -0.2) is 31.3 Å². The number of benzene rings is 1. The van der Waals surface area contributed by atoms with Crippen LogP contribution in [0.15, 0.2) is 18.2 Å². The highest BCUT2D eigenvalue weighted by atomic mass is 35.5. The monoisotopic (exact) mass is 310 g/mol. The van der Waals surface area contributed by atoms with Gasteiger partial charge in [-0.15, -0.1) is 0 Å². The molecule has 0 spiro atoms. The summed E-state index contributed by atoms with van der Waals surface area (Å²) in [6.45, 7) is 7.57. The van der Waals surface area contributed by atoms with Crippen molar-refractivity contribution in [3.05, 3.63) is 28.8 Å². The van der Waals surface area contributed by atoms with E-state index in [-0.39, 0.29) is 6.61 Å². The zero-order valence-electron chi connectivity index (χ0n) is 13.1. The Bertz CT molecular complexity index is 450. The minimum atomic E-state index is 0.283. The molecule has 1 aromatic carbocycles. The highest BCUT2D eigenvalue weighted by Gasteiger charge is 2.21. The molecular weight excluding hydrogens is 284 g/mol. The Morgan fingerprint density at radius 2 is 2.29 bits per heavy atom. The molecule has 1 fully saturated rings. The molecule has 0 saturated carbocycles. The first kappa shape index (κ1) is 16.6. The number of anilines is 1. The summed E-state index contributed by atoms with van der Waals surface area (Å²) in [5.41, 5.74) is 2.36. The molecule has 21 heavy (non-hydrogen) atoms. The first-order valence-corrected chi connectivity index (χ1v) is 8.42. The summed E-state index contributed by atoms with van der Waals surface area (Å²) in [5.74, 6) is 0.583. The Kier molecular flexibility index (Phi) is 6.34. The van der Waals surface area contributed by atoms with Crippen LogP contribution in [0, 0.1) is 5.92 Å². The SMILES string of the molecule is CCNC(C)c1ccc(N2CCCC(CCO)C2)c(Cl)c1. The van der Waals surface area contributed by atoms with Crippen LogP contribution in [0.25, 0.3) is 0 Å².